The number of anilines is 2. The zero-order valence-electron chi connectivity index (χ0n) is 20.9. The molecule has 1 fully saturated rings. The number of imide groups is 2. The van der Waals surface area contributed by atoms with E-state index < -0.39 is 17.8 Å². The highest BCUT2D eigenvalue weighted by molar-refractivity contribution is 14.1. The van der Waals surface area contributed by atoms with E-state index in [9.17, 15) is 19.2 Å². The minimum atomic E-state index is -0.866. The molecule has 4 rings (SSSR count). The molecule has 0 spiro atoms. The van der Waals surface area contributed by atoms with Gasteiger partial charge >= 0.3 is 6.03 Å². The highest BCUT2D eigenvalue weighted by Crippen LogP contribution is 2.36. The fourth-order valence-electron chi connectivity index (χ4n) is 3.80. The van der Waals surface area contributed by atoms with E-state index in [0.29, 0.717) is 43.5 Å². The van der Waals surface area contributed by atoms with Crippen LogP contribution in [0.1, 0.15) is 18.1 Å². The van der Waals surface area contributed by atoms with Gasteiger partial charge in [-0.3, -0.25) is 19.7 Å². The zero-order chi connectivity index (χ0) is 28.1. The molecule has 0 saturated carbocycles. The fraction of sp³-hybridized carbons (Fsp3) is 0.143. The summed E-state index contributed by atoms with van der Waals surface area (Å²) in [6.45, 7) is 3.56. The zero-order valence-corrected chi connectivity index (χ0v) is 23.8. The summed E-state index contributed by atoms with van der Waals surface area (Å²) in [6, 6.07) is 16.2. The molecule has 3 aromatic carbocycles. The van der Waals surface area contributed by atoms with Gasteiger partial charge in [-0.05, 0) is 90.0 Å². The molecule has 0 atom stereocenters. The molecule has 0 aliphatic carbocycles. The number of para-hydroxylation sites is 1. The Bertz CT molecular complexity index is 1490. The predicted molar refractivity (Wildman–Crippen MR) is 156 cm³/mol. The van der Waals surface area contributed by atoms with Crippen molar-refractivity contribution >= 4 is 75.4 Å². The Morgan fingerprint density at radius 3 is 2.54 bits per heavy atom. The van der Waals surface area contributed by atoms with Crippen LogP contribution in [0, 0.1) is 10.5 Å². The van der Waals surface area contributed by atoms with Crippen molar-refractivity contribution < 1.29 is 28.7 Å². The van der Waals surface area contributed by atoms with Crippen molar-refractivity contribution in [1.82, 2.24) is 5.32 Å². The minimum Gasteiger partial charge on any atom is -0.490 e. The lowest BCUT2D eigenvalue weighted by Crippen LogP contribution is -2.54. The maximum absolute atomic E-state index is 13.3. The Morgan fingerprint density at radius 2 is 1.82 bits per heavy atom. The molecular weight excluding hydrogens is 637 g/mol. The molecule has 3 aromatic rings. The molecule has 0 bridgehead atoms. The maximum atomic E-state index is 13.3. The fourth-order valence-corrected chi connectivity index (χ4v) is 4.74. The van der Waals surface area contributed by atoms with Gasteiger partial charge in [-0.1, -0.05) is 35.9 Å². The number of urea groups is 1. The van der Waals surface area contributed by atoms with E-state index in [1.54, 1.807) is 50.2 Å². The molecule has 39 heavy (non-hydrogen) atoms. The Hall–Kier alpha value is -3.90. The number of ether oxygens (including phenoxy) is 2. The molecule has 0 unspecified atom stereocenters. The highest BCUT2D eigenvalue weighted by atomic mass is 127. The van der Waals surface area contributed by atoms with Crippen LogP contribution in [0.2, 0.25) is 5.02 Å². The third-order valence-electron chi connectivity index (χ3n) is 5.56. The van der Waals surface area contributed by atoms with Gasteiger partial charge in [-0.25, -0.2) is 9.69 Å². The first-order valence-corrected chi connectivity index (χ1v) is 13.2. The average Bonchev–Trinajstić information content (AvgIpc) is 2.89. The highest BCUT2D eigenvalue weighted by Gasteiger charge is 2.37. The molecule has 1 aliphatic rings. The van der Waals surface area contributed by atoms with Crippen LogP contribution in [-0.4, -0.2) is 37.0 Å². The number of benzene rings is 3. The van der Waals surface area contributed by atoms with Crippen molar-refractivity contribution in [2.24, 2.45) is 0 Å². The second kappa shape index (κ2) is 12.3. The van der Waals surface area contributed by atoms with E-state index in [1.807, 2.05) is 40.8 Å². The number of nitrogens with zero attached hydrogens (tertiary/aromatic N) is 1. The van der Waals surface area contributed by atoms with Gasteiger partial charge in [0.1, 0.15) is 5.57 Å². The van der Waals surface area contributed by atoms with Gasteiger partial charge in [0.05, 0.1) is 15.9 Å². The van der Waals surface area contributed by atoms with Crippen molar-refractivity contribution in [3.8, 4) is 11.5 Å². The van der Waals surface area contributed by atoms with Gasteiger partial charge in [0, 0.05) is 10.7 Å². The van der Waals surface area contributed by atoms with Gasteiger partial charge in [-0.15, -0.1) is 0 Å². The monoisotopic (exact) mass is 659 g/mol. The number of nitrogens with one attached hydrogen (secondary N) is 2. The molecule has 2 N–H and O–H groups in total. The average molecular weight is 660 g/mol. The molecule has 9 nitrogen and oxygen atoms in total. The van der Waals surface area contributed by atoms with E-state index in [-0.39, 0.29) is 23.8 Å². The number of rotatable bonds is 8. The topological polar surface area (TPSA) is 114 Å². The smallest absolute Gasteiger partial charge is 0.335 e. The molecule has 1 saturated heterocycles. The van der Waals surface area contributed by atoms with E-state index >= 15 is 0 Å². The minimum absolute atomic E-state index is 0.247. The number of halogens is 2. The SMILES string of the molecule is CCOc1cc(/C=C2\C(=O)NC(=O)N(c3cc(Cl)ccc3C)C2=O)cc(I)c1OCC(=O)Nc1ccccc1. The predicted octanol–water partition coefficient (Wildman–Crippen LogP) is 5.34. The van der Waals surface area contributed by atoms with Crippen LogP contribution in [0.15, 0.2) is 66.2 Å². The summed E-state index contributed by atoms with van der Waals surface area (Å²) < 4.78 is 12.1. The first-order chi connectivity index (χ1) is 18.7. The lowest BCUT2D eigenvalue weighted by Gasteiger charge is -2.27. The van der Waals surface area contributed by atoms with Crippen LogP contribution in [0.5, 0.6) is 11.5 Å². The summed E-state index contributed by atoms with van der Waals surface area (Å²) in [4.78, 5) is 51.8. The van der Waals surface area contributed by atoms with E-state index in [1.165, 1.54) is 12.1 Å². The largest absolute Gasteiger partial charge is 0.490 e. The summed E-state index contributed by atoms with van der Waals surface area (Å²) in [5.41, 5.74) is 1.75. The van der Waals surface area contributed by atoms with Gasteiger partial charge in [0.25, 0.3) is 17.7 Å². The van der Waals surface area contributed by atoms with Crippen molar-refractivity contribution in [2.75, 3.05) is 23.4 Å². The Balaban J connectivity index is 1.61. The van der Waals surface area contributed by atoms with Crippen LogP contribution in [-0.2, 0) is 14.4 Å². The quantitative estimate of drug-likeness (QED) is 0.192. The van der Waals surface area contributed by atoms with Crippen molar-refractivity contribution in [3.05, 3.63) is 86.0 Å². The second-order valence-corrected chi connectivity index (χ2v) is 9.95. The number of hydrogen-bond acceptors (Lipinski definition) is 6. The molecule has 1 aliphatic heterocycles. The maximum Gasteiger partial charge on any atom is 0.335 e. The van der Waals surface area contributed by atoms with Crippen molar-refractivity contribution in [1.29, 1.82) is 0 Å². The number of barbiturate groups is 1. The van der Waals surface area contributed by atoms with Crippen LogP contribution in [0.25, 0.3) is 6.08 Å². The van der Waals surface area contributed by atoms with Crippen molar-refractivity contribution in [2.45, 2.75) is 13.8 Å². The summed E-state index contributed by atoms with van der Waals surface area (Å²) in [5, 5.41) is 5.29. The number of carbonyl (C=O) groups excluding carboxylic acids is 4. The molecule has 5 amide bonds. The van der Waals surface area contributed by atoms with Gasteiger partial charge in [-0.2, -0.15) is 0 Å². The Morgan fingerprint density at radius 1 is 1.08 bits per heavy atom. The van der Waals surface area contributed by atoms with Gasteiger partial charge < -0.3 is 14.8 Å². The lowest BCUT2D eigenvalue weighted by molar-refractivity contribution is -0.122. The third-order valence-corrected chi connectivity index (χ3v) is 6.60. The molecule has 200 valence electrons. The molecule has 0 radical (unpaired) electrons. The first-order valence-electron chi connectivity index (χ1n) is 11.8. The number of carbonyl (C=O) groups is 4. The Kier molecular flexibility index (Phi) is 8.87. The van der Waals surface area contributed by atoms with E-state index in [4.69, 9.17) is 21.1 Å². The second-order valence-electron chi connectivity index (χ2n) is 8.35. The van der Waals surface area contributed by atoms with E-state index in [0.717, 1.165) is 4.90 Å². The number of hydrogen-bond donors (Lipinski definition) is 2. The third kappa shape index (κ3) is 6.58. The van der Waals surface area contributed by atoms with E-state index in [2.05, 4.69) is 10.6 Å². The van der Waals surface area contributed by atoms with Crippen LogP contribution in [0.4, 0.5) is 16.2 Å². The molecule has 1 heterocycles. The summed E-state index contributed by atoms with van der Waals surface area (Å²) >= 11 is 8.11. The van der Waals surface area contributed by atoms with Crippen LogP contribution in [0.3, 0.4) is 0 Å². The summed E-state index contributed by atoms with van der Waals surface area (Å²) in [6.07, 6.45) is 1.37. The number of aryl methyl sites for hydroxylation is 1. The normalized spacial score (nSPS) is 14.3. The van der Waals surface area contributed by atoms with Gasteiger partial charge in [0.15, 0.2) is 18.1 Å². The molecule has 0 aromatic heterocycles. The molecule has 11 heteroatoms. The standard InChI is InChI=1S/C28H23ClIN3O6/c1-3-38-23-13-17(12-21(30)25(23)39-15-24(34)31-19-7-5-4-6-8-19)11-20-26(35)32-28(37)33(27(20)36)22-14-18(29)10-9-16(22)2/h4-14H,3,15H2,1-2H3,(H,31,34)(H,32,35,37)/b20-11+. The van der Waals surface area contributed by atoms with Crippen LogP contribution < -0.4 is 25.0 Å². The Labute approximate surface area is 243 Å². The summed E-state index contributed by atoms with van der Waals surface area (Å²) in [5.74, 6) is -1.30. The van der Waals surface area contributed by atoms with Gasteiger partial charge in [0.2, 0.25) is 0 Å². The number of amides is 5. The first kappa shape index (κ1) is 28.1. The van der Waals surface area contributed by atoms with Crippen LogP contribution >= 0.6 is 34.2 Å². The lowest BCUT2D eigenvalue weighted by atomic mass is 10.1. The molecular formula is C28H23ClIN3O6. The van der Waals surface area contributed by atoms with Crippen molar-refractivity contribution in [3.63, 3.8) is 0 Å². The summed E-state index contributed by atoms with van der Waals surface area (Å²) in [7, 11) is 0.